The third kappa shape index (κ3) is 2.90. The van der Waals surface area contributed by atoms with E-state index in [4.69, 9.17) is 0 Å². The molecule has 0 radical (unpaired) electrons. The van der Waals surface area contributed by atoms with Gasteiger partial charge in [-0.25, -0.2) is 4.39 Å². The first-order valence-corrected chi connectivity index (χ1v) is 8.31. The molecular formula is C16H19BrFNO. The second kappa shape index (κ2) is 5.84. The zero-order valence-electron chi connectivity index (χ0n) is 11.4. The summed E-state index contributed by atoms with van der Waals surface area (Å²) in [5, 5.41) is 2.75. The highest BCUT2D eigenvalue weighted by Gasteiger charge is 2.24. The average molecular weight is 340 g/mol. The van der Waals surface area contributed by atoms with E-state index >= 15 is 0 Å². The SMILES string of the molecule is O=C1CCc2cc(C(Br)CC3CCCC3)c(F)cc2N1. The Kier molecular flexibility index (Phi) is 4.11. The molecule has 1 aromatic rings. The molecule has 1 saturated carbocycles. The van der Waals surface area contributed by atoms with Crippen LogP contribution in [0.3, 0.4) is 0 Å². The van der Waals surface area contributed by atoms with Crippen LogP contribution in [0.25, 0.3) is 0 Å². The number of fused-ring (bicyclic) bond motifs is 1. The fraction of sp³-hybridized carbons (Fsp3) is 0.562. The van der Waals surface area contributed by atoms with Crippen molar-refractivity contribution in [2.24, 2.45) is 5.92 Å². The molecule has 1 unspecified atom stereocenters. The molecule has 4 heteroatoms. The summed E-state index contributed by atoms with van der Waals surface area (Å²) < 4.78 is 14.2. The van der Waals surface area contributed by atoms with Gasteiger partial charge in [0.25, 0.3) is 0 Å². The van der Waals surface area contributed by atoms with Crippen molar-refractivity contribution in [3.63, 3.8) is 0 Å². The third-order valence-corrected chi connectivity index (χ3v) is 5.34. The molecule has 2 aliphatic rings. The van der Waals surface area contributed by atoms with Crippen LogP contribution in [0.15, 0.2) is 12.1 Å². The maximum Gasteiger partial charge on any atom is 0.224 e. The quantitative estimate of drug-likeness (QED) is 0.792. The van der Waals surface area contributed by atoms with E-state index in [1.54, 1.807) is 0 Å². The van der Waals surface area contributed by atoms with Gasteiger partial charge in [0.05, 0.1) is 0 Å². The number of alkyl halides is 1. The lowest BCUT2D eigenvalue weighted by Crippen LogP contribution is -2.19. The second-order valence-electron chi connectivity index (χ2n) is 5.93. The summed E-state index contributed by atoms with van der Waals surface area (Å²) in [7, 11) is 0. The highest BCUT2D eigenvalue weighted by molar-refractivity contribution is 9.09. The van der Waals surface area contributed by atoms with Crippen molar-refractivity contribution in [3.8, 4) is 0 Å². The maximum absolute atomic E-state index is 14.2. The number of rotatable bonds is 3. The number of nitrogens with one attached hydrogen (secondary N) is 1. The number of hydrogen-bond acceptors (Lipinski definition) is 1. The zero-order valence-corrected chi connectivity index (χ0v) is 13.0. The molecule has 0 bridgehead atoms. The average Bonchev–Trinajstić information content (AvgIpc) is 2.90. The number of amides is 1. The van der Waals surface area contributed by atoms with Crippen LogP contribution in [0, 0.1) is 11.7 Å². The first kappa shape index (κ1) is 14.1. The van der Waals surface area contributed by atoms with E-state index in [0.717, 1.165) is 23.5 Å². The zero-order chi connectivity index (χ0) is 14.1. The van der Waals surface area contributed by atoms with Crippen LogP contribution in [-0.2, 0) is 11.2 Å². The lowest BCUT2D eigenvalue weighted by molar-refractivity contribution is -0.116. The van der Waals surface area contributed by atoms with Crippen molar-refractivity contribution in [2.75, 3.05) is 5.32 Å². The number of aryl methyl sites for hydroxylation is 1. The van der Waals surface area contributed by atoms with Crippen molar-refractivity contribution in [2.45, 2.75) is 49.8 Å². The van der Waals surface area contributed by atoms with E-state index in [9.17, 15) is 9.18 Å². The Hall–Kier alpha value is -0.900. The number of halogens is 2. The minimum absolute atomic E-state index is 0.0222. The molecule has 0 spiro atoms. The monoisotopic (exact) mass is 339 g/mol. The number of carbonyl (C=O) groups is 1. The second-order valence-corrected chi connectivity index (χ2v) is 7.04. The molecule has 3 rings (SSSR count). The molecule has 1 fully saturated rings. The van der Waals surface area contributed by atoms with Crippen molar-refractivity contribution in [1.82, 2.24) is 0 Å². The largest absolute Gasteiger partial charge is 0.326 e. The number of hydrogen-bond donors (Lipinski definition) is 1. The van der Waals surface area contributed by atoms with Crippen LogP contribution in [0.2, 0.25) is 0 Å². The molecule has 108 valence electrons. The first-order valence-electron chi connectivity index (χ1n) is 7.39. The van der Waals surface area contributed by atoms with Gasteiger partial charge in [-0.3, -0.25) is 4.79 Å². The Morgan fingerprint density at radius 1 is 1.30 bits per heavy atom. The summed E-state index contributed by atoms with van der Waals surface area (Å²) in [6, 6.07) is 3.41. The van der Waals surface area contributed by atoms with E-state index in [2.05, 4.69) is 21.2 Å². The Bertz CT molecular complexity index is 525. The molecule has 20 heavy (non-hydrogen) atoms. The lowest BCUT2D eigenvalue weighted by Gasteiger charge is -2.21. The number of benzene rings is 1. The molecule has 1 aromatic carbocycles. The highest BCUT2D eigenvalue weighted by atomic mass is 79.9. The lowest BCUT2D eigenvalue weighted by atomic mass is 9.94. The molecular weight excluding hydrogens is 321 g/mol. The fourth-order valence-electron chi connectivity index (χ4n) is 3.33. The van der Waals surface area contributed by atoms with E-state index in [0.29, 0.717) is 18.5 Å². The van der Waals surface area contributed by atoms with Gasteiger partial charge >= 0.3 is 0 Å². The Labute approximate surface area is 127 Å². The smallest absolute Gasteiger partial charge is 0.224 e. The molecule has 1 heterocycles. The summed E-state index contributed by atoms with van der Waals surface area (Å²) in [6.07, 6.45) is 7.36. The Morgan fingerprint density at radius 3 is 2.80 bits per heavy atom. The molecule has 1 amide bonds. The van der Waals surface area contributed by atoms with Gasteiger partial charge in [0, 0.05) is 22.5 Å². The van der Waals surface area contributed by atoms with Gasteiger partial charge in [0.1, 0.15) is 5.82 Å². The van der Waals surface area contributed by atoms with Crippen LogP contribution in [0.5, 0.6) is 0 Å². The van der Waals surface area contributed by atoms with Gasteiger partial charge in [-0.1, -0.05) is 41.6 Å². The van der Waals surface area contributed by atoms with E-state index in [-0.39, 0.29) is 16.6 Å². The third-order valence-electron chi connectivity index (χ3n) is 4.47. The summed E-state index contributed by atoms with van der Waals surface area (Å²) in [5.74, 6) is 0.478. The van der Waals surface area contributed by atoms with Gasteiger partial charge in [-0.05, 0) is 36.5 Å². The minimum Gasteiger partial charge on any atom is -0.326 e. The topological polar surface area (TPSA) is 29.1 Å². The van der Waals surface area contributed by atoms with Crippen molar-refractivity contribution >= 4 is 27.5 Å². The van der Waals surface area contributed by atoms with Gasteiger partial charge in [-0.15, -0.1) is 0 Å². The molecule has 1 aliphatic carbocycles. The Balaban J connectivity index is 1.80. The minimum atomic E-state index is -0.217. The molecule has 0 aromatic heterocycles. The van der Waals surface area contributed by atoms with Crippen molar-refractivity contribution < 1.29 is 9.18 Å². The van der Waals surface area contributed by atoms with Crippen molar-refractivity contribution in [1.29, 1.82) is 0 Å². The summed E-state index contributed by atoms with van der Waals surface area (Å²) in [4.78, 5) is 11.4. The van der Waals surface area contributed by atoms with E-state index < -0.39 is 0 Å². The molecule has 1 aliphatic heterocycles. The predicted octanol–water partition coefficient (Wildman–Crippen LogP) is 4.73. The Morgan fingerprint density at radius 2 is 2.05 bits per heavy atom. The molecule has 1 N–H and O–H groups in total. The fourth-order valence-corrected chi connectivity index (χ4v) is 4.21. The first-order chi connectivity index (χ1) is 9.63. The summed E-state index contributed by atoms with van der Waals surface area (Å²) in [5.41, 5.74) is 2.44. The molecule has 2 nitrogen and oxygen atoms in total. The van der Waals surface area contributed by atoms with Gasteiger partial charge < -0.3 is 5.32 Å². The summed E-state index contributed by atoms with van der Waals surface area (Å²) in [6.45, 7) is 0. The summed E-state index contributed by atoms with van der Waals surface area (Å²) >= 11 is 3.66. The van der Waals surface area contributed by atoms with Gasteiger partial charge in [0.2, 0.25) is 5.91 Å². The van der Waals surface area contributed by atoms with E-state index in [1.807, 2.05) is 6.07 Å². The molecule has 0 saturated heterocycles. The highest BCUT2D eigenvalue weighted by Crippen LogP contribution is 2.39. The van der Waals surface area contributed by atoms with E-state index in [1.165, 1.54) is 31.7 Å². The van der Waals surface area contributed by atoms with Gasteiger partial charge in [-0.2, -0.15) is 0 Å². The number of anilines is 1. The van der Waals surface area contributed by atoms with Crippen LogP contribution in [0.4, 0.5) is 10.1 Å². The van der Waals surface area contributed by atoms with Crippen LogP contribution in [-0.4, -0.2) is 5.91 Å². The van der Waals surface area contributed by atoms with Crippen molar-refractivity contribution in [3.05, 3.63) is 29.1 Å². The number of carbonyl (C=O) groups excluding carboxylic acids is 1. The standard InChI is InChI=1S/C16H19BrFNO/c17-13(7-10-3-1-2-4-10)12-8-11-5-6-16(20)19-15(11)9-14(12)18/h8-10,13H,1-7H2,(H,19,20). The van der Waals surface area contributed by atoms with Crippen LogP contribution < -0.4 is 5.32 Å². The maximum atomic E-state index is 14.2. The van der Waals surface area contributed by atoms with Gasteiger partial charge in [0.15, 0.2) is 0 Å². The molecule has 1 atom stereocenters. The predicted molar refractivity (Wildman–Crippen MR) is 81.6 cm³/mol. The van der Waals surface area contributed by atoms with Crippen LogP contribution >= 0.6 is 15.9 Å². The normalized spacial score (nSPS) is 20.6. The van der Waals surface area contributed by atoms with Crippen LogP contribution in [0.1, 0.15) is 54.5 Å².